The van der Waals surface area contributed by atoms with Crippen LogP contribution in [0.25, 0.3) is 0 Å². The Bertz CT molecular complexity index is 86.1. The van der Waals surface area contributed by atoms with Crippen molar-refractivity contribution < 1.29 is 4.92 Å². The molecule has 0 N–H and O–H groups in total. The maximum Gasteiger partial charge on any atom is 0.220 e. The van der Waals surface area contributed by atoms with Crippen LogP contribution < -0.4 is 0 Å². The third kappa shape index (κ3) is 3.87. The third-order valence-electron chi connectivity index (χ3n) is 0.790. The van der Waals surface area contributed by atoms with Crippen molar-refractivity contribution in [2.45, 2.75) is 18.7 Å². The molecule has 0 saturated carbocycles. The molecule has 0 aromatic rings. The molecule has 0 rings (SSSR count). The summed E-state index contributed by atoms with van der Waals surface area (Å²) in [6.45, 7) is 1.69. The molecule has 0 radical (unpaired) electrons. The van der Waals surface area contributed by atoms with E-state index in [0.29, 0.717) is 6.42 Å². The minimum Gasteiger partial charge on any atom is -0.264 e. The van der Waals surface area contributed by atoms with Crippen molar-refractivity contribution in [2.75, 3.05) is 6.54 Å². The van der Waals surface area contributed by atoms with Crippen LogP contribution in [0.3, 0.4) is 0 Å². The van der Waals surface area contributed by atoms with E-state index in [9.17, 15) is 10.1 Å². The Morgan fingerprint density at radius 3 is 2.50 bits per heavy atom. The molecule has 0 aromatic heterocycles. The van der Waals surface area contributed by atoms with Crippen molar-refractivity contribution in [1.29, 1.82) is 0 Å². The molecule has 1 atom stereocenters. The Balaban J connectivity index is 3.24. The molecule has 8 heavy (non-hydrogen) atoms. The highest BCUT2D eigenvalue weighted by atomic mass is 35.5. The molecular weight excluding hydrogens is 130 g/mol. The predicted molar refractivity (Wildman–Crippen MR) is 31.8 cm³/mol. The Hall–Kier alpha value is -0.310. The number of hydrogen-bond donors (Lipinski definition) is 0. The molecule has 0 aliphatic rings. The number of nitrogens with zero attached hydrogens (tertiary/aromatic N) is 1. The van der Waals surface area contributed by atoms with E-state index in [1.54, 1.807) is 0 Å². The van der Waals surface area contributed by atoms with Gasteiger partial charge in [0.15, 0.2) is 0 Å². The highest BCUT2D eigenvalue weighted by Gasteiger charge is 2.06. The second-order valence-corrected chi connectivity index (χ2v) is 2.14. The third-order valence-corrected chi connectivity index (χ3v) is 1.24. The highest BCUT2D eigenvalue weighted by Crippen LogP contribution is 1.99. The minimum atomic E-state index is -0.402. The normalized spacial score (nSPS) is 13.2. The first-order valence-electron chi connectivity index (χ1n) is 2.42. The van der Waals surface area contributed by atoms with Gasteiger partial charge in [-0.05, 0) is 6.42 Å². The maximum absolute atomic E-state index is 9.69. The molecule has 0 heterocycles. The fourth-order valence-corrected chi connectivity index (χ4v) is 0.404. The van der Waals surface area contributed by atoms with Crippen molar-refractivity contribution in [3.8, 4) is 0 Å². The second kappa shape index (κ2) is 3.66. The van der Waals surface area contributed by atoms with Crippen molar-refractivity contribution in [1.82, 2.24) is 0 Å². The van der Waals surface area contributed by atoms with Crippen molar-refractivity contribution in [3.05, 3.63) is 10.1 Å². The molecule has 0 spiro atoms. The van der Waals surface area contributed by atoms with Gasteiger partial charge in [-0.3, -0.25) is 10.1 Å². The molecule has 0 amide bonds. The molecule has 1 unspecified atom stereocenters. The lowest BCUT2D eigenvalue weighted by Crippen LogP contribution is -2.12. The van der Waals surface area contributed by atoms with E-state index in [2.05, 4.69) is 0 Å². The molecule has 0 bridgehead atoms. The van der Waals surface area contributed by atoms with Crippen LogP contribution in [0.1, 0.15) is 13.3 Å². The molecule has 4 heteroatoms. The summed E-state index contributed by atoms with van der Waals surface area (Å²) in [6.07, 6.45) is 0.655. The Kier molecular flexibility index (Phi) is 3.52. The van der Waals surface area contributed by atoms with Gasteiger partial charge in [-0.15, -0.1) is 11.6 Å². The fourth-order valence-electron chi connectivity index (χ4n) is 0.291. The first-order chi connectivity index (χ1) is 3.66. The number of halogens is 1. The summed E-state index contributed by atoms with van der Waals surface area (Å²) in [5.41, 5.74) is 0. The SMILES string of the molecule is CCC(Cl)C[N+](=O)[O-]. The van der Waals surface area contributed by atoms with Gasteiger partial charge in [0.25, 0.3) is 0 Å². The molecule has 48 valence electrons. The summed E-state index contributed by atoms with van der Waals surface area (Å²) in [6, 6.07) is 0. The number of nitro groups is 1. The Labute approximate surface area is 52.8 Å². The smallest absolute Gasteiger partial charge is 0.220 e. The average molecular weight is 138 g/mol. The summed E-state index contributed by atoms with van der Waals surface area (Å²) in [5, 5.41) is 9.39. The van der Waals surface area contributed by atoms with Gasteiger partial charge < -0.3 is 0 Å². The van der Waals surface area contributed by atoms with Crippen LogP contribution in [0.2, 0.25) is 0 Å². The van der Waals surface area contributed by atoms with Gasteiger partial charge in [0.2, 0.25) is 6.54 Å². The molecule has 0 aromatic carbocycles. The molecule has 0 aliphatic carbocycles. The monoisotopic (exact) mass is 137 g/mol. The van der Waals surface area contributed by atoms with Gasteiger partial charge in [-0.25, -0.2) is 0 Å². The second-order valence-electron chi connectivity index (χ2n) is 1.52. The summed E-state index contributed by atoms with van der Waals surface area (Å²) >= 11 is 5.42. The number of hydrogen-bond acceptors (Lipinski definition) is 2. The van der Waals surface area contributed by atoms with Crippen LogP contribution in [0, 0.1) is 10.1 Å². The zero-order valence-electron chi connectivity index (χ0n) is 4.63. The van der Waals surface area contributed by atoms with E-state index in [-0.39, 0.29) is 11.9 Å². The van der Waals surface area contributed by atoms with Gasteiger partial charge in [0, 0.05) is 4.92 Å². The van der Waals surface area contributed by atoms with Crippen LogP contribution in [0.15, 0.2) is 0 Å². The Morgan fingerprint density at radius 2 is 2.38 bits per heavy atom. The van der Waals surface area contributed by atoms with Gasteiger partial charge >= 0.3 is 0 Å². The van der Waals surface area contributed by atoms with Crippen LogP contribution >= 0.6 is 11.6 Å². The van der Waals surface area contributed by atoms with Gasteiger partial charge in [-0.2, -0.15) is 0 Å². The van der Waals surface area contributed by atoms with Crippen molar-refractivity contribution in [2.24, 2.45) is 0 Å². The zero-order chi connectivity index (χ0) is 6.57. The van der Waals surface area contributed by atoms with Crippen molar-refractivity contribution in [3.63, 3.8) is 0 Å². The molecular formula is C4H8ClNO2. The highest BCUT2D eigenvalue weighted by molar-refractivity contribution is 6.20. The van der Waals surface area contributed by atoms with E-state index < -0.39 is 4.92 Å². The van der Waals surface area contributed by atoms with Gasteiger partial charge in [0.1, 0.15) is 0 Å². The zero-order valence-corrected chi connectivity index (χ0v) is 5.39. The first-order valence-corrected chi connectivity index (χ1v) is 2.86. The molecule has 0 aliphatic heterocycles. The van der Waals surface area contributed by atoms with Gasteiger partial charge in [-0.1, -0.05) is 6.92 Å². The molecule has 0 fully saturated rings. The average Bonchev–Trinajstić information content (AvgIpc) is 1.65. The first kappa shape index (κ1) is 7.69. The summed E-state index contributed by atoms with van der Waals surface area (Å²) < 4.78 is 0. The van der Waals surface area contributed by atoms with E-state index in [0.717, 1.165) is 0 Å². The number of alkyl halides is 1. The summed E-state index contributed by atoms with van der Waals surface area (Å²) in [7, 11) is 0. The van der Waals surface area contributed by atoms with Crippen molar-refractivity contribution >= 4 is 11.6 Å². The van der Waals surface area contributed by atoms with E-state index >= 15 is 0 Å². The van der Waals surface area contributed by atoms with E-state index in [1.807, 2.05) is 6.92 Å². The lowest BCUT2D eigenvalue weighted by molar-refractivity contribution is -0.479. The van der Waals surface area contributed by atoms with Crippen LogP contribution in [-0.4, -0.2) is 16.8 Å². The quantitative estimate of drug-likeness (QED) is 0.334. The van der Waals surface area contributed by atoms with Crippen LogP contribution in [-0.2, 0) is 0 Å². The number of rotatable bonds is 3. The lowest BCUT2D eigenvalue weighted by Gasteiger charge is -1.96. The van der Waals surface area contributed by atoms with E-state index in [1.165, 1.54) is 0 Å². The molecule has 3 nitrogen and oxygen atoms in total. The van der Waals surface area contributed by atoms with Crippen LogP contribution in [0.4, 0.5) is 0 Å². The Morgan fingerprint density at radius 1 is 1.88 bits per heavy atom. The maximum atomic E-state index is 9.69. The summed E-state index contributed by atoms with van der Waals surface area (Å²) in [5.74, 6) is 0. The van der Waals surface area contributed by atoms with Gasteiger partial charge in [0.05, 0.1) is 5.38 Å². The van der Waals surface area contributed by atoms with Crippen LogP contribution in [0.5, 0.6) is 0 Å². The predicted octanol–water partition coefficient (Wildman–Crippen LogP) is 1.28. The fraction of sp³-hybridized carbons (Fsp3) is 1.00. The summed E-state index contributed by atoms with van der Waals surface area (Å²) in [4.78, 5) is 9.29. The largest absolute Gasteiger partial charge is 0.264 e. The standard InChI is InChI=1S/C4H8ClNO2/c1-2-4(5)3-6(7)8/h4H,2-3H2,1H3. The topological polar surface area (TPSA) is 43.1 Å². The lowest BCUT2D eigenvalue weighted by atomic mass is 10.3. The van der Waals surface area contributed by atoms with E-state index in [4.69, 9.17) is 11.6 Å². The minimum absolute atomic E-state index is 0.127. The molecule has 0 saturated heterocycles.